The molecule has 2 heterocycles. The summed E-state index contributed by atoms with van der Waals surface area (Å²) in [6.07, 6.45) is 4.83. The van der Waals surface area contributed by atoms with Crippen molar-refractivity contribution in [3.05, 3.63) is 36.2 Å². The number of nitrogens with zero attached hydrogens (tertiary/aromatic N) is 2. The first kappa shape index (κ1) is 9.13. The van der Waals surface area contributed by atoms with Crippen molar-refractivity contribution in [1.82, 2.24) is 9.97 Å². The van der Waals surface area contributed by atoms with E-state index in [2.05, 4.69) is 29.9 Å². The van der Waals surface area contributed by atoms with Crippen LogP contribution in [0.3, 0.4) is 0 Å². The van der Waals surface area contributed by atoms with Crippen molar-refractivity contribution in [3.63, 3.8) is 0 Å². The zero-order valence-corrected chi connectivity index (χ0v) is 8.57. The molecule has 2 nitrogen and oxygen atoms in total. The average molecular weight is 186 g/mol. The second kappa shape index (κ2) is 3.74. The van der Waals surface area contributed by atoms with Crippen LogP contribution in [0.5, 0.6) is 0 Å². The molecule has 2 aromatic heterocycles. The Balaban J connectivity index is 2.41. The van der Waals surface area contributed by atoms with Crippen LogP contribution >= 0.6 is 0 Å². The first-order chi connectivity index (χ1) is 6.75. The summed E-state index contributed by atoms with van der Waals surface area (Å²) in [4.78, 5) is 8.66. The maximum Gasteiger partial charge on any atom is 0.0889 e. The summed E-state index contributed by atoms with van der Waals surface area (Å²) in [5.74, 6) is 0.665. The van der Waals surface area contributed by atoms with Crippen LogP contribution in [0.4, 0.5) is 0 Å². The molecule has 0 bridgehead atoms. The van der Waals surface area contributed by atoms with E-state index in [0.29, 0.717) is 5.92 Å². The van der Waals surface area contributed by atoms with Gasteiger partial charge in [-0.3, -0.25) is 9.97 Å². The highest BCUT2D eigenvalue weighted by atomic mass is 14.7. The van der Waals surface area contributed by atoms with E-state index in [0.717, 1.165) is 17.5 Å². The van der Waals surface area contributed by atoms with Crippen molar-refractivity contribution in [1.29, 1.82) is 0 Å². The van der Waals surface area contributed by atoms with E-state index in [9.17, 15) is 0 Å². The standard InChI is InChI=1S/C12H14N2/c1-9(2)6-10-7-12-11(14-8-10)4-3-5-13-12/h3-5,7-9H,6H2,1-2H3. The second-order valence-electron chi connectivity index (χ2n) is 3.98. The van der Waals surface area contributed by atoms with Gasteiger partial charge in [0, 0.05) is 12.4 Å². The van der Waals surface area contributed by atoms with Gasteiger partial charge in [-0.25, -0.2) is 0 Å². The van der Waals surface area contributed by atoms with Gasteiger partial charge in [-0.2, -0.15) is 0 Å². The summed E-state index contributed by atoms with van der Waals surface area (Å²) >= 11 is 0. The maximum absolute atomic E-state index is 4.37. The van der Waals surface area contributed by atoms with Gasteiger partial charge in [0.05, 0.1) is 11.0 Å². The lowest BCUT2D eigenvalue weighted by Gasteiger charge is -2.04. The number of fused-ring (bicyclic) bond motifs is 1. The Kier molecular flexibility index (Phi) is 2.44. The van der Waals surface area contributed by atoms with Crippen LogP contribution in [-0.2, 0) is 6.42 Å². The maximum atomic E-state index is 4.37. The highest BCUT2D eigenvalue weighted by Crippen LogP contribution is 2.12. The van der Waals surface area contributed by atoms with Gasteiger partial charge in [-0.15, -0.1) is 0 Å². The summed E-state index contributed by atoms with van der Waals surface area (Å²) in [6.45, 7) is 4.42. The normalized spacial score (nSPS) is 11.1. The van der Waals surface area contributed by atoms with E-state index in [1.165, 1.54) is 5.56 Å². The quantitative estimate of drug-likeness (QED) is 0.720. The molecular formula is C12H14N2. The van der Waals surface area contributed by atoms with Gasteiger partial charge in [0.2, 0.25) is 0 Å². The molecule has 0 saturated heterocycles. The molecule has 0 spiro atoms. The molecule has 2 rings (SSSR count). The number of aromatic nitrogens is 2. The summed E-state index contributed by atoms with van der Waals surface area (Å²) in [7, 11) is 0. The van der Waals surface area contributed by atoms with Gasteiger partial charge in [0.25, 0.3) is 0 Å². The molecule has 0 aliphatic carbocycles. The molecule has 0 saturated carbocycles. The van der Waals surface area contributed by atoms with Crippen molar-refractivity contribution < 1.29 is 0 Å². The molecule has 2 heteroatoms. The Hall–Kier alpha value is -1.44. The third-order valence-electron chi connectivity index (χ3n) is 2.15. The molecule has 0 aliphatic heterocycles. The van der Waals surface area contributed by atoms with Gasteiger partial charge in [-0.1, -0.05) is 13.8 Å². The van der Waals surface area contributed by atoms with Gasteiger partial charge >= 0.3 is 0 Å². The number of rotatable bonds is 2. The molecule has 0 aromatic carbocycles. The Morgan fingerprint density at radius 3 is 2.86 bits per heavy atom. The highest BCUT2D eigenvalue weighted by molar-refractivity contribution is 5.73. The Morgan fingerprint density at radius 1 is 1.21 bits per heavy atom. The first-order valence-electron chi connectivity index (χ1n) is 4.95. The van der Waals surface area contributed by atoms with E-state index in [4.69, 9.17) is 0 Å². The van der Waals surface area contributed by atoms with Crippen molar-refractivity contribution in [3.8, 4) is 0 Å². The SMILES string of the molecule is CC(C)Cc1cnc2cccnc2c1. The smallest absolute Gasteiger partial charge is 0.0889 e. The average Bonchev–Trinajstić information content (AvgIpc) is 2.17. The zero-order valence-electron chi connectivity index (χ0n) is 8.57. The second-order valence-corrected chi connectivity index (χ2v) is 3.98. The minimum Gasteiger partial charge on any atom is -0.255 e. The van der Waals surface area contributed by atoms with Crippen LogP contribution in [-0.4, -0.2) is 9.97 Å². The third-order valence-corrected chi connectivity index (χ3v) is 2.15. The van der Waals surface area contributed by atoms with Gasteiger partial charge in [0.1, 0.15) is 0 Å². The van der Waals surface area contributed by atoms with Crippen molar-refractivity contribution in [2.45, 2.75) is 20.3 Å². The first-order valence-corrected chi connectivity index (χ1v) is 4.95. The molecule has 0 N–H and O–H groups in total. The summed E-state index contributed by atoms with van der Waals surface area (Å²) < 4.78 is 0. The lowest BCUT2D eigenvalue weighted by Crippen LogP contribution is -1.95. The monoisotopic (exact) mass is 186 g/mol. The lowest BCUT2D eigenvalue weighted by atomic mass is 10.0. The van der Waals surface area contributed by atoms with Crippen LogP contribution in [0.2, 0.25) is 0 Å². The van der Waals surface area contributed by atoms with Crippen molar-refractivity contribution in [2.24, 2.45) is 5.92 Å². The van der Waals surface area contributed by atoms with Crippen LogP contribution in [0.15, 0.2) is 30.6 Å². The molecule has 0 unspecified atom stereocenters. The minimum absolute atomic E-state index is 0.665. The highest BCUT2D eigenvalue weighted by Gasteiger charge is 2.00. The topological polar surface area (TPSA) is 25.8 Å². The molecule has 14 heavy (non-hydrogen) atoms. The molecule has 72 valence electrons. The van der Waals surface area contributed by atoms with Crippen molar-refractivity contribution in [2.75, 3.05) is 0 Å². The largest absolute Gasteiger partial charge is 0.255 e. The Morgan fingerprint density at radius 2 is 2.07 bits per heavy atom. The molecular weight excluding hydrogens is 172 g/mol. The lowest BCUT2D eigenvalue weighted by molar-refractivity contribution is 0.646. The van der Waals surface area contributed by atoms with Crippen LogP contribution in [0, 0.1) is 5.92 Å². The molecule has 0 amide bonds. The predicted molar refractivity (Wildman–Crippen MR) is 58.1 cm³/mol. The fraction of sp³-hybridized carbons (Fsp3) is 0.333. The molecule has 0 fully saturated rings. The summed E-state index contributed by atoms with van der Waals surface area (Å²) in [6, 6.07) is 6.03. The van der Waals surface area contributed by atoms with Crippen LogP contribution in [0.1, 0.15) is 19.4 Å². The summed E-state index contributed by atoms with van der Waals surface area (Å²) in [5, 5.41) is 0. The van der Waals surface area contributed by atoms with Crippen LogP contribution in [0.25, 0.3) is 11.0 Å². The molecule has 0 atom stereocenters. The third kappa shape index (κ3) is 1.90. The predicted octanol–water partition coefficient (Wildman–Crippen LogP) is 2.83. The van der Waals surface area contributed by atoms with Crippen LogP contribution < -0.4 is 0 Å². The van der Waals surface area contributed by atoms with Gasteiger partial charge < -0.3 is 0 Å². The molecule has 0 radical (unpaired) electrons. The number of hydrogen-bond acceptors (Lipinski definition) is 2. The van der Waals surface area contributed by atoms with Gasteiger partial charge in [-0.05, 0) is 36.1 Å². The zero-order chi connectivity index (χ0) is 9.97. The number of pyridine rings is 2. The Labute approximate surface area is 84.0 Å². The van der Waals surface area contributed by atoms with E-state index in [1.54, 1.807) is 0 Å². The summed E-state index contributed by atoms with van der Waals surface area (Å²) in [5.41, 5.74) is 3.23. The Bertz CT molecular complexity index is 435. The molecule has 0 aliphatic rings. The fourth-order valence-electron chi connectivity index (χ4n) is 1.58. The number of hydrogen-bond donors (Lipinski definition) is 0. The minimum atomic E-state index is 0.665. The van der Waals surface area contributed by atoms with E-state index >= 15 is 0 Å². The van der Waals surface area contributed by atoms with E-state index in [1.807, 2.05) is 24.5 Å². The fourth-order valence-corrected chi connectivity index (χ4v) is 1.58. The van der Waals surface area contributed by atoms with Gasteiger partial charge in [0.15, 0.2) is 0 Å². The van der Waals surface area contributed by atoms with E-state index < -0.39 is 0 Å². The molecule has 2 aromatic rings. The van der Waals surface area contributed by atoms with Crippen molar-refractivity contribution >= 4 is 11.0 Å². The van der Waals surface area contributed by atoms with E-state index in [-0.39, 0.29) is 0 Å².